The zero-order chi connectivity index (χ0) is 10.9. The van der Waals surface area contributed by atoms with Gasteiger partial charge in [-0.25, -0.2) is 0 Å². The maximum absolute atomic E-state index is 11.7. The molecule has 0 bridgehead atoms. The lowest BCUT2D eigenvalue weighted by molar-refractivity contribution is 0.449. The lowest BCUT2D eigenvalue weighted by Crippen LogP contribution is -2.00. The van der Waals surface area contributed by atoms with Crippen LogP contribution in [0.15, 0.2) is 0 Å². The van der Waals surface area contributed by atoms with Gasteiger partial charge in [0.1, 0.15) is 0 Å². The molecule has 0 saturated carbocycles. The van der Waals surface area contributed by atoms with Crippen LogP contribution in [0, 0.1) is 0 Å². The summed E-state index contributed by atoms with van der Waals surface area (Å²) in [5, 5.41) is 0. The first-order chi connectivity index (χ1) is 6.56. The Morgan fingerprint density at radius 2 is 1.14 bits per heavy atom. The predicted molar refractivity (Wildman–Crippen MR) is 63.2 cm³/mol. The van der Waals surface area contributed by atoms with Gasteiger partial charge in [-0.3, -0.25) is 4.39 Å². The SMILES string of the molecule is FCCCCCCCCCC(Cl)(Cl)Cl. The smallest absolute Gasteiger partial charge is 0.190 e. The minimum atomic E-state index is -1.09. The highest BCUT2D eigenvalue weighted by atomic mass is 35.6. The van der Waals surface area contributed by atoms with Gasteiger partial charge in [0.2, 0.25) is 0 Å². The lowest BCUT2D eigenvalue weighted by Gasteiger charge is -2.09. The van der Waals surface area contributed by atoms with Crippen LogP contribution in [0.25, 0.3) is 0 Å². The van der Waals surface area contributed by atoms with Crippen molar-refractivity contribution in [3.05, 3.63) is 0 Å². The summed E-state index contributed by atoms with van der Waals surface area (Å²) in [6.45, 7) is -0.187. The van der Waals surface area contributed by atoms with E-state index in [1.54, 1.807) is 0 Å². The quantitative estimate of drug-likeness (QED) is 0.404. The van der Waals surface area contributed by atoms with E-state index in [0.717, 1.165) is 32.1 Å². The number of unbranched alkanes of at least 4 members (excludes halogenated alkanes) is 6. The molecule has 0 aromatic rings. The molecule has 0 nitrogen and oxygen atoms in total. The average Bonchev–Trinajstić information content (AvgIpc) is 2.08. The highest BCUT2D eigenvalue weighted by molar-refractivity contribution is 6.67. The predicted octanol–water partition coefficient (Wildman–Crippen LogP) is 5.45. The number of halogens is 4. The molecule has 4 heteroatoms. The molecule has 0 radical (unpaired) electrons. The topological polar surface area (TPSA) is 0 Å². The molecule has 0 aromatic heterocycles. The normalized spacial score (nSPS) is 12.0. The molecule has 0 aliphatic carbocycles. The van der Waals surface area contributed by atoms with Crippen molar-refractivity contribution in [2.75, 3.05) is 6.67 Å². The molecule has 0 atom stereocenters. The van der Waals surface area contributed by atoms with Crippen molar-refractivity contribution < 1.29 is 4.39 Å². The number of hydrogen-bond donors (Lipinski definition) is 0. The van der Waals surface area contributed by atoms with Gasteiger partial charge < -0.3 is 0 Å². The molecular formula is C10H18Cl3F. The van der Waals surface area contributed by atoms with Gasteiger partial charge in [-0.15, -0.1) is 0 Å². The molecule has 0 aliphatic heterocycles. The summed E-state index contributed by atoms with van der Waals surface area (Å²) >= 11 is 16.8. The van der Waals surface area contributed by atoms with Crippen LogP contribution in [0.1, 0.15) is 51.4 Å². The molecule has 0 heterocycles. The zero-order valence-electron chi connectivity index (χ0n) is 8.38. The van der Waals surface area contributed by atoms with E-state index in [-0.39, 0.29) is 6.67 Å². The third-order valence-corrected chi connectivity index (χ3v) is 2.66. The van der Waals surface area contributed by atoms with Crippen molar-refractivity contribution in [2.45, 2.75) is 55.2 Å². The third-order valence-electron chi connectivity index (χ3n) is 2.09. The maximum atomic E-state index is 11.7. The first-order valence-corrected chi connectivity index (χ1v) is 6.32. The summed E-state index contributed by atoms with van der Waals surface area (Å²) in [5.41, 5.74) is 0. The molecule has 0 fully saturated rings. The van der Waals surface area contributed by atoms with Crippen molar-refractivity contribution in [3.63, 3.8) is 0 Å². The zero-order valence-corrected chi connectivity index (χ0v) is 10.6. The molecule has 0 N–H and O–H groups in total. The summed E-state index contributed by atoms with van der Waals surface area (Å²) in [6, 6.07) is 0. The van der Waals surface area contributed by atoms with Crippen LogP contribution in [-0.4, -0.2) is 10.5 Å². The van der Waals surface area contributed by atoms with Crippen LogP contribution < -0.4 is 0 Å². The highest BCUT2D eigenvalue weighted by Gasteiger charge is 2.17. The van der Waals surface area contributed by atoms with Crippen LogP contribution in [0.3, 0.4) is 0 Å². The minimum absolute atomic E-state index is 0.187. The van der Waals surface area contributed by atoms with Gasteiger partial charge in [-0.2, -0.15) is 0 Å². The Balaban J connectivity index is 2.99. The highest BCUT2D eigenvalue weighted by Crippen LogP contribution is 2.32. The Labute approximate surface area is 101 Å². The minimum Gasteiger partial charge on any atom is -0.251 e. The molecule has 0 aromatic carbocycles. The van der Waals surface area contributed by atoms with E-state index in [2.05, 4.69) is 0 Å². The number of hydrogen-bond acceptors (Lipinski definition) is 0. The van der Waals surface area contributed by atoms with Crippen molar-refractivity contribution in [1.29, 1.82) is 0 Å². The summed E-state index contributed by atoms with van der Waals surface area (Å²) in [4.78, 5) is 0. The second-order valence-corrected chi connectivity index (χ2v) is 6.05. The van der Waals surface area contributed by atoms with Crippen molar-refractivity contribution in [3.8, 4) is 0 Å². The molecule has 14 heavy (non-hydrogen) atoms. The van der Waals surface area contributed by atoms with Crippen molar-refractivity contribution in [2.24, 2.45) is 0 Å². The van der Waals surface area contributed by atoms with E-state index in [1.807, 2.05) is 0 Å². The van der Waals surface area contributed by atoms with Crippen LogP contribution in [0.5, 0.6) is 0 Å². The average molecular weight is 264 g/mol. The number of rotatable bonds is 8. The second-order valence-electron chi connectivity index (χ2n) is 3.53. The van der Waals surface area contributed by atoms with Crippen molar-refractivity contribution >= 4 is 34.8 Å². The van der Waals surface area contributed by atoms with Gasteiger partial charge in [0, 0.05) is 0 Å². The molecule has 0 aliphatic rings. The van der Waals surface area contributed by atoms with Gasteiger partial charge in [-0.05, 0) is 19.3 Å². The Hall–Kier alpha value is 0.800. The molecular weight excluding hydrogens is 245 g/mol. The Kier molecular flexibility index (Phi) is 9.57. The first kappa shape index (κ1) is 14.8. The molecule has 0 saturated heterocycles. The van der Waals surface area contributed by atoms with E-state index in [1.165, 1.54) is 6.42 Å². The van der Waals surface area contributed by atoms with Crippen molar-refractivity contribution in [1.82, 2.24) is 0 Å². The van der Waals surface area contributed by atoms with Gasteiger partial charge >= 0.3 is 0 Å². The van der Waals surface area contributed by atoms with E-state index >= 15 is 0 Å². The maximum Gasteiger partial charge on any atom is 0.190 e. The lowest BCUT2D eigenvalue weighted by atomic mass is 10.1. The number of alkyl halides is 4. The fraction of sp³-hybridized carbons (Fsp3) is 1.00. The van der Waals surface area contributed by atoms with Crippen LogP contribution >= 0.6 is 34.8 Å². The second kappa shape index (κ2) is 9.06. The van der Waals surface area contributed by atoms with Gasteiger partial charge in [-0.1, -0.05) is 66.9 Å². The Morgan fingerprint density at radius 1 is 0.714 bits per heavy atom. The fourth-order valence-electron chi connectivity index (χ4n) is 1.30. The van der Waals surface area contributed by atoms with Gasteiger partial charge in [0.15, 0.2) is 3.79 Å². The molecule has 86 valence electrons. The first-order valence-electron chi connectivity index (χ1n) is 5.19. The third kappa shape index (κ3) is 12.8. The van der Waals surface area contributed by atoms with Crippen LogP contribution in [-0.2, 0) is 0 Å². The summed E-state index contributed by atoms with van der Waals surface area (Å²) in [7, 11) is 0. The molecule has 0 unspecified atom stereocenters. The molecule has 0 rings (SSSR count). The standard InChI is InChI=1S/C10H18Cl3F/c11-10(12,13)8-6-4-2-1-3-5-7-9-14/h1-9H2. The molecule has 0 amide bonds. The summed E-state index contributed by atoms with van der Waals surface area (Å²) in [6.07, 6.45) is 7.84. The fourth-order valence-corrected chi connectivity index (χ4v) is 1.70. The largest absolute Gasteiger partial charge is 0.251 e. The van der Waals surface area contributed by atoms with E-state index in [0.29, 0.717) is 12.8 Å². The summed E-state index contributed by atoms with van der Waals surface area (Å²) in [5.74, 6) is 0. The molecule has 0 spiro atoms. The monoisotopic (exact) mass is 262 g/mol. The van der Waals surface area contributed by atoms with E-state index in [9.17, 15) is 4.39 Å². The Morgan fingerprint density at radius 3 is 1.57 bits per heavy atom. The Bertz CT molecular complexity index is 123. The summed E-state index contributed by atoms with van der Waals surface area (Å²) < 4.78 is 10.6. The van der Waals surface area contributed by atoms with E-state index < -0.39 is 3.79 Å². The van der Waals surface area contributed by atoms with Crippen LogP contribution in [0.4, 0.5) is 4.39 Å². The van der Waals surface area contributed by atoms with Gasteiger partial charge in [0.05, 0.1) is 6.67 Å². The van der Waals surface area contributed by atoms with Gasteiger partial charge in [0.25, 0.3) is 0 Å². The van der Waals surface area contributed by atoms with Crippen LogP contribution in [0.2, 0.25) is 0 Å². The van der Waals surface area contributed by atoms with E-state index in [4.69, 9.17) is 34.8 Å².